The molecule has 5 rings (SSSR count). The van der Waals surface area contributed by atoms with E-state index in [4.69, 9.17) is 4.74 Å². The highest BCUT2D eigenvalue weighted by molar-refractivity contribution is 5.99. The van der Waals surface area contributed by atoms with E-state index < -0.39 is 0 Å². The molecule has 4 aromatic rings. The van der Waals surface area contributed by atoms with Gasteiger partial charge in [-0.15, -0.1) is 0 Å². The number of fused-ring (bicyclic) bond motifs is 2. The molecule has 0 saturated carbocycles. The van der Waals surface area contributed by atoms with Gasteiger partial charge in [0.05, 0.1) is 30.4 Å². The molecular formula is C21H19N5O3. The molecule has 1 amide bonds. The van der Waals surface area contributed by atoms with Crippen LogP contribution in [0.2, 0.25) is 0 Å². The Morgan fingerprint density at radius 3 is 2.86 bits per heavy atom. The predicted molar refractivity (Wildman–Crippen MR) is 108 cm³/mol. The zero-order chi connectivity index (χ0) is 20.0. The molecule has 1 saturated heterocycles. The molecule has 0 radical (unpaired) electrons. The molecule has 4 heterocycles. The van der Waals surface area contributed by atoms with Crippen LogP contribution in [0, 0.1) is 6.92 Å². The van der Waals surface area contributed by atoms with E-state index in [1.807, 2.05) is 35.7 Å². The topological polar surface area (TPSA) is 92.6 Å². The Kier molecular flexibility index (Phi) is 4.13. The summed E-state index contributed by atoms with van der Waals surface area (Å²) < 4.78 is 7.20. The van der Waals surface area contributed by atoms with Crippen molar-refractivity contribution in [2.45, 2.75) is 6.92 Å². The Bertz CT molecular complexity index is 1300. The van der Waals surface area contributed by atoms with E-state index in [1.165, 1.54) is 0 Å². The number of rotatable bonds is 2. The Hall–Kier alpha value is -3.52. The fourth-order valence-electron chi connectivity index (χ4n) is 3.68. The third-order valence-electron chi connectivity index (χ3n) is 5.21. The highest BCUT2D eigenvalue weighted by atomic mass is 16.5. The number of benzene rings is 1. The normalized spacial score (nSPS) is 14.6. The molecule has 146 valence electrons. The van der Waals surface area contributed by atoms with Crippen LogP contribution < -0.4 is 5.56 Å². The summed E-state index contributed by atoms with van der Waals surface area (Å²) in [5, 5.41) is 0.397. The van der Waals surface area contributed by atoms with Gasteiger partial charge in [-0.05, 0) is 42.8 Å². The van der Waals surface area contributed by atoms with Crippen molar-refractivity contribution in [3.8, 4) is 11.5 Å². The Morgan fingerprint density at radius 1 is 1.21 bits per heavy atom. The first-order valence-electron chi connectivity index (χ1n) is 9.45. The number of hydrogen-bond donors (Lipinski definition) is 1. The van der Waals surface area contributed by atoms with Crippen molar-refractivity contribution < 1.29 is 9.53 Å². The van der Waals surface area contributed by atoms with Crippen molar-refractivity contribution in [3.63, 3.8) is 0 Å². The average molecular weight is 389 g/mol. The van der Waals surface area contributed by atoms with Crippen LogP contribution >= 0.6 is 0 Å². The minimum atomic E-state index is -0.290. The van der Waals surface area contributed by atoms with Gasteiger partial charge in [-0.3, -0.25) is 9.59 Å². The number of H-pyrrole nitrogens is 1. The van der Waals surface area contributed by atoms with Gasteiger partial charge in [0.25, 0.3) is 11.5 Å². The minimum absolute atomic E-state index is 0.0953. The Morgan fingerprint density at radius 2 is 2.03 bits per heavy atom. The summed E-state index contributed by atoms with van der Waals surface area (Å²) in [6, 6.07) is 9.17. The van der Waals surface area contributed by atoms with Crippen LogP contribution in [0.5, 0.6) is 0 Å². The van der Waals surface area contributed by atoms with Crippen molar-refractivity contribution in [2.24, 2.45) is 0 Å². The maximum atomic E-state index is 12.8. The lowest BCUT2D eigenvalue weighted by atomic mass is 10.1. The van der Waals surface area contributed by atoms with Gasteiger partial charge in [-0.1, -0.05) is 0 Å². The maximum absolute atomic E-state index is 12.8. The van der Waals surface area contributed by atoms with E-state index in [-0.39, 0.29) is 11.5 Å². The van der Waals surface area contributed by atoms with E-state index >= 15 is 0 Å². The number of morpholine rings is 1. The highest BCUT2D eigenvalue weighted by Crippen LogP contribution is 2.21. The molecule has 29 heavy (non-hydrogen) atoms. The first kappa shape index (κ1) is 17.6. The van der Waals surface area contributed by atoms with Crippen LogP contribution in [0.15, 0.2) is 47.7 Å². The first-order chi connectivity index (χ1) is 14.1. The van der Waals surface area contributed by atoms with Crippen LogP contribution in [0.4, 0.5) is 0 Å². The van der Waals surface area contributed by atoms with Gasteiger partial charge in [0.1, 0.15) is 5.69 Å². The van der Waals surface area contributed by atoms with E-state index in [1.54, 1.807) is 23.4 Å². The number of carbonyl (C=O) groups excluding carboxylic acids is 1. The van der Waals surface area contributed by atoms with E-state index in [0.717, 1.165) is 11.1 Å². The number of nitrogens with one attached hydrogen (secondary N) is 1. The number of aryl methyl sites for hydroxylation is 1. The van der Waals surface area contributed by atoms with Crippen molar-refractivity contribution in [2.75, 3.05) is 26.3 Å². The number of amides is 1. The molecule has 1 aromatic carbocycles. The summed E-state index contributed by atoms with van der Waals surface area (Å²) in [5.41, 5.74) is 3.09. The van der Waals surface area contributed by atoms with E-state index in [0.29, 0.717) is 54.3 Å². The quantitative estimate of drug-likeness (QED) is 0.566. The molecule has 8 nitrogen and oxygen atoms in total. The fourth-order valence-corrected chi connectivity index (χ4v) is 3.68. The van der Waals surface area contributed by atoms with Gasteiger partial charge >= 0.3 is 0 Å². The smallest absolute Gasteiger partial charge is 0.259 e. The molecule has 0 spiro atoms. The number of nitrogens with zero attached hydrogens (tertiary/aromatic N) is 4. The molecule has 0 aliphatic carbocycles. The molecule has 8 heteroatoms. The predicted octanol–water partition coefficient (Wildman–Crippen LogP) is 2.02. The summed E-state index contributed by atoms with van der Waals surface area (Å²) in [7, 11) is 0. The highest BCUT2D eigenvalue weighted by Gasteiger charge is 2.20. The Labute approximate surface area is 165 Å². The zero-order valence-electron chi connectivity index (χ0n) is 15.9. The first-order valence-corrected chi connectivity index (χ1v) is 9.45. The lowest BCUT2D eigenvalue weighted by Crippen LogP contribution is -2.40. The summed E-state index contributed by atoms with van der Waals surface area (Å²) >= 11 is 0. The third-order valence-corrected chi connectivity index (χ3v) is 5.21. The second-order valence-electron chi connectivity index (χ2n) is 7.12. The second-order valence-corrected chi connectivity index (χ2v) is 7.12. The van der Waals surface area contributed by atoms with Gasteiger partial charge in [0, 0.05) is 30.4 Å². The van der Waals surface area contributed by atoms with Crippen LogP contribution in [0.25, 0.3) is 27.9 Å². The van der Waals surface area contributed by atoms with Gasteiger partial charge < -0.3 is 19.0 Å². The van der Waals surface area contributed by atoms with E-state index in [9.17, 15) is 9.59 Å². The van der Waals surface area contributed by atoms with Gasteiger partial charge in [-0.25, -0.2) is 9.97 Å². The summed E-state index contributed by atoms with van der Waals surface area (Å²) in [4.78, 5) is 39.2. The second kappa shape index (κ2) is 6.82. The molecule has 1 N–H and O–H groups in total. The van der Waals surface area contributed by atoms with Crippen molar-refractivity contribution in [1.29, 1.82) is 0 Å². The van der Waals surface area contributed by atoms with Crippen LogP contribution in [0.3, 0.4) is 0 Å². The summed E-state index contributed by atoms with van der Waals surface area (Å²) in [5.74, 6) is 0.309. The van der Waals surface area contributed by atoms with Gasteiger partial charge in [-0.2, -0.15) is 0 Å². The van der Waals surface area contributed by atoms with Crippen molar-refractivity contribution in [3.05, 3.63) is 64.3 Å². The molecule has 1 aliphatic heterocycles. The molecule has 0 atom stereocenters. The van der Waals surface area contributed by atoms with Crippen LogP contribution in [-0.2, 0) is 4.74 Å². The molecule has 1 fully saturated rings. The largest absolute Gasteiger partial charge is 0.378 e. The zero-order valence-corrected chi connectivity index (χ0v) is 15.9. The van der Waals surface area contributed by atoms with Gasteiger partial charge in [0.2, 0.25) is 0 Å². The molecule has 3 aromatic heterocycles. The number of aromatic amines is 1. The standard InChI is InChI=1S/C21H19N5O3/c1-13-9-14(21(28)25-5-7-29-8-6-25)10-16-18(13)23-19(24-20(16)27)17-11-15-3-2-4-26(15)12-22-17/h2-4,9-12H,5-8H2,1H3,(H,23,24,27). The monoisotopic (exact) mass is 389 g/mol. The molecule has 1 aliphatic rings. The van der Waals surface area contributed by atoms with Crippen molar-refractivity contribution >= 4 is 22.3 Å². The third kappa shape index (κ3) is 3.07. The molecule has 0 unspecified atom stereocenters. The van der Waals surface area contributed by atoms with Gasteiger partial charge in [0.15, 0.2) is 5.82 Å². The SMILES string of the molecule is Cc1cc(C(=O)N2CCOCC2)cc2c(=O)[nH]c(-c3cc4cccn4cn3)nc12. The van der Waals surface area contributed by atoms with Crippen LogP contribution in [-0.4, -0.2) is 56.5 Å². The number of ether oxygens (including phenoxy) is 1. The fraction of sp³-hybridized carbons (Fsp3) is 0.238. The lowest BCUT2D eigenvalue weighted by Gasteiger charge is -2.27. The number of hydrogen-bond acceptors (Lipinski definition) is 5. The van der Waals surface area contributed by atoms with Crippen LogP contribution in [0.1, 0.15) is 15.9 Å². The minimum Gasteiger partial charge on any atom is -0.378 e. The summed E-state index contributed by atoms with van der Waals surface area (Å²) in [6.45, 7) is 4.03. The number of carbonyl (C=O) groups is 1. The molecular weight excluding hydrogens is 370 g/mol. The Balaban J connectivity index is 1.59. The maximum Gasteiger partial charge on any atom is 0.259 e. The average Bonchev–Trinajstić information content (AvgIpc) is 3.22. The summed E-state index contributed by atoms with van der Waals surface area (Å²) in [6.07, 6.45) is 3.59. The van der Waals surface area contributed by atoms with E-state index in [2.05, 4.69) is 15.0 Å². The molecule has 0 bridgehead atoms. The lowest BCUT2D eigenvalue weighted by molar-refractivity contribution is 0.0303. The number of aromatic nitrogens is 4. The van der Waals surface area contributed by atoms with Crippen molar-refractivity contribution in [1.82, 2.24) is 24.3 Å².